The lowest BCUT2D eigenvalue weighted by molar-refractivity contribution is 0.0529. The number of nitrogens with one attached hydrogen (secondary N) is 3. The third kappa shape index (κ3) is 5.47. The van der Waals surface area contributed by atoms with Gasteiger partial charge in [0.15, 0.2) is 0 Å². The largest absolute Gasteiger partial charge is 0.444 e. The molecule has 3 aromatic rings. The molecule has 3 rings (SSSR count). The van der Waals surface area contributed by atoms with E-state index in [1.165, 1.54) is 14.6 Å². The molecule has 0 spiro atoms. The van der Waals surface area contributed by atoms with Crippen molar-refractivity contribution in [1.29, 1.82) is 0 Å². The van der Waals surface area contributed by atoms with Gasteiger partial charge in [0.05, 0.1) is 4.21 Å². The molecule has 1 amide bonds. The van der Waals surface area contributed by atoms with Crippen molar-refractivity contribution >= 4 is 40.4 Å². The van der Waals surface area contributed by atoms with Crippen LogP contribution in [-0.4, -0.2) is 34.8 Å². The van der Waals surface area contributed by atoms with Crippen LogP contribution in [0.1, 0.15) is 26.5 Å². The number of H-pyrrole nitrogens is 1. The number of nitrogens with zero attached hydrogens (tertiary/aromatic N) is 1. The SMILES string of the molecule is Cc1cc2c(-c3ccc(SNCCNC(=O)OC(C)(C)C)s3)ccnc2[nH]1. The molecule has 3 aromatic heterocycles. The van der Waals surface area contributed by atoms with E-state index in [9.17, 15) is 4.79 Å². The number of aromatic nitrogens is 2. The van der Waals surface area contributed by atoms with Crippen LogP contribution in [0.5, 0.6) is 0 Å². The maximum Gasteiger partial charge on any atom is 0.407 e. The number of amides is 1. The Kier molecular flexibility index (Phi) is 6.08. The van der Waals surface area contributed by atoms with Gasteiger partial charge >= 0.3 is 6.09 Å². The van der Waals surface area contributed by atoms with Gasteiger partial charge < -0.3 is 15.0 Å². The molecule has 0 aliphatic rings. The first-order valence-corrected chi connectivity index (χ1v) is 10.4. The molecule has 27 heavy (non-hydrogen) atoms. The Bertz CT molecular complexity index is 927. The number of carbonyl (C=O) groups is 1. The molecule has 0 saturated heterocycles. The first-order chi connectivity index (χ1) is 12.8. The number of hydrogen-bond donors (Lipinski definition) is 3. The average Bonchev–Trinajstić information content (AvgIpc) is 3.17. The van der Waals surface area contributed by atoms with Crippen molar-refractivity contribution in [3.05, 3.63) is 36.2 Å². The number of thiophene rings is 1. The standard InChI is InChI=1S/C19H24N4O2S2/c1-12-11-14-13(7-8-20-17(14)23-12)15-5-6-16(26-15)27-22-10-9-21-18(24)25-19(2,3)4/h5-8,11,22H,9-10H2,1-4H3,(H,20,23)(H,21,24). The number of aryl methyl sites for hydroxylation is 1. The van der Waals surface area contributed by atoms with Gasteiger partial charge in [-0.15, -0.1) is 11.3 Å². The Balaban J connectivity index is 1.51. The average molecular weight is 405 g/mol. The predicted octanol–water partition coefficient (Wildman–Crippen LogP) is 4.72. The van der Waals surface area contributed by atoms with Crippen molar-refractivity contribution in [2.24, 2.45) is 0 Å². The maximum atomic E-state index is 11.6. The van der Waals surface area contributed by atoms with E-state index in [-0.39, 0.29) is 0 Å². The van der Waals surface area contributed by atoms with Gasteiger partial charge in [-0.05, 0) is 63.9 Å². The zero-order chi connectivity index (χ0) is 19.4. The summed E-state index contributed by atoms with van der Waals surface area (Å²) in [7, 11) is 0. The van der Waals surface area contributed by atoms with Crippen molar-refractivity contribution < 1.29 is 9.53 Å². The summed E-state index contributed by atoms with van der Waals surface area (Å²) in [4.78, 5) is 20.5. The molecule has 144 valence electrons. The monoisotopic (exact) mass is 404 g/mol. The van der Waals surface area contributed by atoms with Crippen LogP contribution in [0.25, 0.3) is 21.5 Å². The van der Waals surface area contributed by atoms with Crippen molar-refractivity contribution in [2.75, 3.05) is 13.1 Å². The van der Waals surface area contributed by atoms with Crippen LogP contribution in [0.3, 0.4) is 0 Å². The highest BCUT2D eigenvalue weighted by molar-refractivity contribution is 7.99. The van der Waals surface area contributed by atoms with Crippen molar-refractivity contribution in [3.8, 4) is 10.4 Å². The lowest BCUT2D eigenvalue weighted by Gasteiger charge is -2.19. The fourth-order valence-corrected chi connectivity index (χ4v) is 4.42. The molecule has 0 fully saturated rings. The highest BCUT2D eigenvalue weighted by Gasteiger charge is 2.15. The topological polar surface area (TPSA) is 79.0 Å². The molecule has 0 aliphatic heterocycles. The van der Waals surface area contributed by atoms with Crippen molar-refractivity contribution in [3.63, 3.8) is 0 Å². The zero-order valence-electron chi connectivity index (χ0n) is 15.9. The minimum Gasteiger partial charge on any atom is -0.444 e. The second-order valence-electron chi connectivity index (χ2n) is 7.12. The quantitative estimate of drug-likeness (QED) is 0.409. The molecule has 6 nitrogen and oxygen atoms in total. The second kappa shape index (κ2) is 8.33. The molecule has 3 N–H and O–H groups in total. The van der Waals surface area contributed by atoms with Crippen LogP contribution in [0.4, 0.5) is 4.79 Å². The van der Waals surface area contributed by atoms with E-state index in [0.717, 1.165) is 16.7 Å². The minimum atomic E-state index is -0.476. The fraction of sp³-hybridized carbons (Fsp3) is 0.368. The number of carbonyl (C=O) groups excluding carboxylic acids is 1. The number of pyridine rings is 1. The maximum absolute atomic E-state index is 11.6. The fourth-order valence-electron chi connectivity index (χ4n) is 2.54. The van der Waals surface area contributed by atoms with Crippen LogP contribution in [0, 0.1) is 6.92 Å². The molecular formula is C19H24N4O2S2. The molecule has 0 bridgehead atoms. The van der Waals surface area contributed by atoms with Gasteiger partial charge in [-0.25, -0.2) is 9.78 Å². The van der Waals surface area contributed by atoms with Crippen LogP contribution in [0.2, 0.25) is 0 Å². The second-order valence-corrected chi connectivity index (χ2v) is 9.39. The van der Waals surface area contributed by atoms with Crippen LogP contribution in [0.15, 0.2) is 34.7 Å². The highest BCUT2D eigenvalue weighted by atomic mass is 32.2. The molecule has 8 heteroatoms. The van der Waals surface area contributed by atoms with E-state index in [0.29, 0.717) is 13.1 Å². The molecule has 3 heterocycles. The van der Waals surface area contributed by atoms with E-state index in [1.807, 2.05) is 40.0 Å². The normalized spacial score (nSPS) is 11.7. The summed E-state index contributed by atoms with van der Waals surface area (Å²) in [5.41, 5.74) is 2.73. The van der Waals surface area contributed by atoms with E-state index >= 15 is 0 Å². The lowest BCUT2D eigenvalue weighted by Crippen LogP contribution is -2.35. The number of aromatic amines is 1. The lowest BCUT2D eigenvalue weighted by atomic mass is 10.1. The highest BCUT2D eigenvalue weighted by Crippen LogP contribution is 2.36. The van der Waals surface area contributed by atoms with Crippen LogP contribution in [-0.2, 0) is 4.74 Å². The third-order valence-electron chi connectivity index (χ3n) is 3.58. The van der Waals surface area contributed by atoms with E-state index in [2.05, 4.69) is 38.2 Å². The van der Waals surface area contributed by atoms with Crippen molar-refractivity contribution in [2.45, 2.75) is 37.5 Å². The summed E-state index contributed by atoms with van der Waals surface area (Å²) in [6.07, 6.45) is 1.44. The first-order valence-electron chi connectivity index (χ1n) is 8.73. The Labute approximate surface area is 167 Å². The minimum absolute atomic E-state index is 0.392. The van der Waals surface area contributed by atoms with Crippen LogP contribution < -0.4 is 10.0 Å². The number of hydrogen-bond acceptors (Lipinski definition) is 6. The van der Waals surface area contributed by atoms with Gasteiger partial charge in [-0.1, -0.05) is 0 Å². The summed E-state index contributed by atoms with van der Waals surface area (Å²) in [6, 6.07) is 8.41. The van der Waals surface area contributed by atoms with Gasteiger partial charge in [0.2, 0.25) is 0 Å². The van der Waals surface area contributed by atoms with Gasteiger partial charge in [-0.2, -0.15) is 0 Å². The van der Waals surface area contributed by atoms with Gasteiger partial charge in [0, 0.05) is 40.8 Å². The molecule has 0 saturated carbocycles. The van der Waals surface area contributed by atoms with Gasteiger partial charge in [0.1, 0.15) is 11.2 Å². The Morgan fingerprint density at radius 1 is 1.30 bits per heavy atom. The Morgan fingerprint density at radius 2 is 2.11 bits per heavy atom. The Morgan fingerprint density at radius 3 is 2.89 bits per heavy atom. The number of ether oxygens (including phenoxy) is 1. The predicted molar refractivity (Wildman–Crippen MR) is 112 cm³/mol. The third-order valence-corrected chi connectivity index (χ3v) is 5.68. The molecule has 0 unspecified atom stereocenters. The smallest absolute Gasteiger partial charge is 0.407 e. The van der Waals surface area contributed by atoms with E-state index < -0.39 is 11.7 Å². The summed E-state index contributed by atoms with van der Waals surface area (Å²) < 4.78 is 9.63. The molecule has 0 atom stereocenters. The molecular weight excluding hydrogens is 380 g/mol. The molecule has 0 aromatic carbocycles. The van der Waals surface area contributed by atoms with E-state index in [1.54, 1.807) is 23.3 Å². The summed E-state index contributed by atoms with van der Waals surface area (Å²) >= 11 is 3.29. The van der Waals surface area contributed by atoms with Gasteiger partial charge in [0.25, 0.3) is 0 Å². The number of fused-ring (bicyclic) bond motifs is 1. The number of alkyl carbamates (subject to hydrolysis) is 1. The van der Waals surface area contributed by atoms with Crippen LogP contribution >= 0.6 is 23.3 Å². The van der Waals surface area contributed by atoms with E-state index in [4.69, 9.17) is 4.74 Å². The summed E-state index contributed by atoms with van der Waals surface area (Å²) in [5.74, 6) is 0. The van der Waals surface area contributed by atoms with Crippen molar-refractivity contribution in [1.82, 2.24) is 20.0 Å². The zero-order valence-corrected chi connectivity index (χ0v) is 17.5. The summed E-state index contributed by atoms with van der Waals surface area (Å²) in [6.45, 7) is 8.74. The Hall–Kier alpha value is -2.03. The summed E-state index contributed by atoms with van der Waals surface area (Å²) in [5, 5.41) is 3.88. The first kappa shape index (κ1) is 19.7. The molecule has 0 radical (unpaired) electrons. The van der Waals surface area contributed by atoms with Gasteiger partial charge in [-0.3, -0.25) is 4.72 Å². The molecule has 0 aliphatic carbocycles. The number of rotatable bonds is 6.